The molecule has 1 amide bonds. The zero-order valence-electron chi connectivity index (χ0n) is 20.8. The molecule has 190 valence electrons. The maximum absolute atomic E-state index is 13.4. The summed E-state index contributed by atoms with van der Waals surface area (Å²) in [4.78, 5) is 40.7. The van der Waals surface area contributed by atoms with Gasteiger partial charge in [0, 0.05) is 5.69 Å². The van der Waals surface area contributed by atoms with Crippen molar-refractivity contribution < 1.29 is 29.0 Å². The van der Waals surface area contributed by atoms with Crippen molar-refractivity contribution in [1.29, 1.82) is 0 Å². The van der Waals surface area contributed by atoms with E-state index in [2.05, 4.69) is 0 Å². The van der Waals surface area contributed by atoms with Crippen LogP contribution in [0.15, 0.2) is 72.3 Å². The number of halogens is 1. The molecule has 3 aromatic rings. The molecule has 1 heterocycles. The van der Waals surface area contributed by atoms with Crippen molar-refractivity contribution in [2.24, 2.45) is 0 Å². The molecule has 1 aliphatic rings. The van der Waals surface area contributed by atoms with E-state index in [4.69, 9.17) is 21.1 Å². The minimum Gasteiger partial charge on any atom is -0.507 e. The molecule has 3 aromatic carbocycles. The van der Waals surface area contributed by atoms with Crippen molar-refractivity contribution >= 4 is 40.7 Å². The Bertz CT molecular complexity index is 1410. The van der Waals surface area contributed by atoms with Crippen LogP contribution in [0.2, 0.25) is 5.02 Å². The number of hydrogen-bond acceptors (Lipinski definition) is 6. The first-order valence-corrected chi connectivity index (χ1v) is 12.0. The summed E-state index contributed by atoms with van der Waals surface area (Å²) in [6, 6.07) is 17.5. The number of carbonyl (C=O) groups is 3. The van der Waals surface area contributed by atoms with Gasteiger partial charge >= 0.3 is 5.97 Å². The van der Waals surface area contributed by atoms with Crippen molar-refractivity contribution in [3.8, 4) is 5.75 Å². The molecule has 1 N–H and O–H groups in total. The summed E-state index contributed by atoms with van der Waals surface area (Å²) < 4.78 is 10.7. The maximum Gasteiger partial charge on any atom is 0.338 e. The summed E-state index contributed by atoms with van der Waals surface area (Å²) in [7, 11) is 1.41. The molecule has 1 saturated heterocycles. The summed E-state index contributed by atoms with van der Waals surface area (Å²) in [6.07, 6.45) is -0.328. The lowest BCUT2D eigenvalue weighted by molar-refractivity contribution is -0.132. The van der Waals surface area contributed by atoms with Crippen LogP contribution in [0, 0.1) is 6.92 Å². The highest BCUT2D eigenvalue weighted by atomic mass is 35.5. The molecule has 0 aromatic heterocycles. The van der Waals surface area contributed by atoms with E-state index in [1.165, 1.54) is 18.1 Å². The van der Waals surface area contributed by atoms with Crippen molar-refractivity contribution in [1.82, 2.24) is 0 Å². The fraction of sp³-hybridized carbons (Fsp3) is 0.207. The zero-order chi connectivity index (χ0) is 26.9. The third-order valence-electron chi connectivity index (χ3n) is 5.91. The van der Waals surface area contributed by atoms with E-state index in [0.29, 0.717) is 11.3 Å². The average molecular weight is 520 g/mol. The van der Waals surface area contributed by atoms with E-state index in [-0.39, 0.29) is 33.6 Å². The highest BCUT2D eigenvalue weighted by molar-refractivity contribution is 6.51. The highest BCUT2D eigenvalue weighted by Gasteiger charge is 2.47. The number of benzene rings is 3. The monoisotopic (exact) mass is 519 g/mol. The minimum absolute atomic E-state index is 0.119. The molecule has 7 nitrogen and oxygen atoms in total. The second-order valence-electron chi connectivity index (χ2n) is 8.91. The minimum atomic E-state index is -0.971. The number of ketones is 1. The molecule has 1 unspecified atom stereocenters. The molecule has 1 aliphatic heterocycles. The van der Waals surface area contributed by atoms with Crippen LogP contribution in [0.4, 0.5) is 5.69 Å². The number of aliphatic hydroxyl groups is 1. The molecule has 8 heteroatoms. The Labute approximate surface area is 219 Å². The van der Waals surface area contributed by atoms with Gasteiger partial charge in [0.25, 0.3) is 11.7 Å². The highest BCUT2D eigenvalue weighted by Crippen LogP contribution is 2.44. The summed E-state index contributed by atoms with van der Waals surface area (Å²) >= 11 is 6.35. The number of nitrogens with zero attached hydrogens (tertiary/aromatic N) is 1. The van der Waals surface area contributed by atoms with E-state index in [9.17, 15) is 19.5 Å². The molecule has 0 saturated carbocycles. The van der Waals surface area contributed by atoms with Gasteiger partial charge < -0.3 is 14.6 Å². The number of hydrogen-bond donors (Lipinski definition) is 1. The van der Waals surface area contributed by atoms with Crippen LogP contribution in [-0.4, -0.2) is 36.0 Å². The largest absolute Gasteiger partial charge is 0.507 e. The first kappa shape index (κ1) is 26.0. The Morgan fingerprint density at radius 2 is 1.73 bits per heavy atom. The topological polar surface area (TPSA) is 93.1 Å². The van der Waals surface area contributed by atoms with Gasteiger partial charge in [-0.3, -0.25) is 14.5 Å². The van der Waals surface area contributed by atoms with Crippen LogP contribution in [0.3, 0.4) is 0 Å². The first-order chi connectivity index (χ1) is 17.6. The van der Waals surface area contributed by atoms with E-state index in [1.807, 2.05) is 6.07 Å². The smallest absolute Gasteiger partial charge is 0.338 e. The second kappa shape index (κ2) is 10.5. The number of aryl methyl sites for hydroxylation is 1. The molecule has 0 spiro atoms. The predicted octanol–water partition coefficient (Wildman–Crippen LogP) is 5.85. The maximum atomic E-state index is 13.4. The molecule has 0 radical (unpaired) electrons. The molecule has 0 aliphatic carbocycles. The third-order valence-corrected chi connectivity index (χ3v) is 6.19. The molecule has 0 bridgehead atoms. The van der Waals surface area contributed by atoms with Gasteiger partial charge in [-0.05, 0) is 62.2 Å². The van der Waals surface area contributed by atoms with E-state index in [1.54, 1.807) is 75.4 Å². The molecule has 37 heavy (non-hydrogen) atoms. The Hall–Kier alpha value is -4.10. The number of Topliss-reactive ketones (excluding diaryl/α,β-unsaturated/α-hetero) is 1. The van der Waals surface area contributed by atoms with Crippen LogP contribution < -0.4 is 9.64 Å². The van der Waals surface area contributed by atoms with E-state index in [0.717, 1.165) is 5.56 Å². The standard InChI is InChI=1S/C29H26ClNO6/c1-16(2)37-29(35)19-11-8-12-20(15-19)31-24(18-9-6-5-7-10-18)23(26(33)28(31)34)25(32)21-13-17(3)14-22(30)27(21)36-4/h5-16,24,32H,1-4H3/b25-23+. The number of ether oxygens (including phenoxy) is 2. The molecular formula is C29H26ClNO6. The number of anilines is 1. The van der Waals surface area contributed by atoms with Gasteiger partial charge in [-0.1, -0.05) is 48.0 Å². The normalized spacial score (nSPS) is 16.8. The lowest BCUT2D eigenvalue weighted by Crippen LogP contribution is -2.29. The fourth-order valence-corrected chi connectivity index (χ4v) is 4.72. The van der Waals surface area contributed by atoms with Crippen molar-refractivity contribution in [3.05, 3.63) is 99.6 Å². The van der Waals surface area contributed by atoms with Crippen molar-refractivity contribution in [2.75, 3.05) is 12.0 Å². The first-order valence-electron chi connectivity index (χ1n) is 11.7. The van der Waals surface area contributed by atoms with Crippen LogP contribution in [0.25, 0.3) is 5.76 Å². The molecule has 1 fully saturated rings. The Morgan fingerprint density at radius 3 is 2.38 bits per heavy atom. The quantitative estimate of drug-likeness (QED) is 0.190. The van der Waals surface area contributed by atoms with Gasteiger partial charge in [-0.25, -0.2) is 4.79 Å². The fourth-order valence-electron chi connectivity index (χ4n) is 4.37. The van der Waals surface area contributed by atoms with Gasteiger partial charge in [0.1, 0.15) is 11.5 Å². The molecule has 1 atom stereocenters. The van der Waals surface area contributed by atoms with Crippen LogP contribution in [0.1, 0.15) is 46.9 Å². The Balaban J connectivity index is 1.94. The summed E-state index contributed by atoms with van der Waals surface area (Å²) in [5, 5.41) is 11.7. The number of amides is 1. The van der Waals surface area contributed by atoms with Gasteiger partial charge in [0.05, 0.1) is 41.0 Å². The Morgan fingerprint density at radius 1 is 1.03 bits per heavy atom. The predicted molar refractivity (Wildman–Crippen MR) is 141 cm³/mol. The number of carbonyl (C=O) groups excluding carboxylic acids is 3. The molecular weight excluding hydrogens is 494 g/mol. The summed E-state index contributed by atoms with van der Waals surface area (Å²) in [6.45, 7) is 5.26. The number of rotatable bonds is 6. The number of esters is 1. The van der Waals surface area contributed by atoms with E-state index < -0.39 is 29.5 Å². The second-order valence-corrected chi connectivity index (χ2v) is 9.32. The molecule has 4 rings (SSSR count). The van der Waals surface area contributed by atoms with E-state index >= 15 is 0 Å². The van der Waals surface area contributed by atoms with Gasteiger partial charge in [-0.2, -0.15) is 0 Å². The lowest BCUT2D eigenvalue weighted by Gasteiger charge is -2.26. The summed E-state index contributed by atoms with van der Waals surface area (Å²) in [5.41, 5.74) is 1.94. The van der Waals surface area contributed by atoms with Crippen LogP contribution >= 0.6 is 11.6 Å². The van der Waals surface area contributed by atoms with Gasteiger partial charge in [0.2, 0.25) is 0 Å². The van der Waals surface area contributed by atoms with Crippen molar-refractivity contribution in [2.45, 2.75) is 32.9 Å². The number of methoxy groups -OCH3 is 1. The summed E-state index contributed by atoms with van der Waals surface area (Å²) in [5.74, 6) is -2.50. The van der Waals surface area contributed by atoms with Gasteiger partial charge in [-0.15, -0.1) is 0 Å². The number of aliphatic hydroxyl groups excluding tert-OH is 1. The third kappa shape index (κ3) is 4.95. The lowest BCUT2D eigenvalue weighted by atomic mass is 9.94. The van der Waals surface area contributed by atoms with Crippen LogP contribution in [-0.2, 0) is 14.3 Å². The average Bonchev–Trinajstić information content (AvgIpc) is 3.13. The SMILES string of the molecule is COc1c(Cl)cc(C)cc1/C(O)=C1\C(=O)C(=O)N(c2cccc(C(=O)OC(C)C)c2)C1c1ccccc1. The van der Waals surface area contributed by atoms with Crippen LogP contribution in [0.5, 0.6) is 5.75 Å². The Kier molecular flexibility index (Phi) is 7.36. The zero-order valence-corrected chi connectivity index (χ0v) is 21.6. The van der Waals surface area contributed by atoms with Crippen molar-refractivity contribution in [3.63, 3.8) is 0 Å². The van der Waals surface area contributed by atoms with Gasteiger partial charge in [0.15, 0.2) is 0 Å².